The number of pyridine rings is 1. The summed E-state index contributed by atoms with van der Waals surface area (Å²) in [5, 5.41) is 11.1. The summed E-state index contributed by atoms with van der Waals surface area (Å²) >= 11 is 5.70. The van der Waals surface area contributed by atoms with E-state index in [1.807, 2.05) is 0 Å². The summed E-state index contributed by atoms with van der Waals surface area (Å²) in [5.74, 6) is 0.373. The first-order chi connectivity index (χ1) is 8.58. The number of aromatic nitrogens is 1. The van der Waals surface area contributed by atoms with Crippen molar-refractivity contribution in [3.8, 4) is 11.5 Å². The van der Waals surface area contributed by atoms with Gasteiger partial charge in [-0.05, 0) is 12.1 Å². The van der Waals surface area contributed by atoms with E-state index in [4.69, 9.17) is 22.1 Å². The van der Waals surface area contributed by atoms with Crippen LogP contribution in [-0.2, 0) is 0 Å². The molecule has 0 radical (unpaired) electrons. The van der Waals surface area contributed by atoms with Gasteiger partial charge in [0.2, 0.25) is 5.75 Å². The van der Waals surface area contributed by atoms with Crippen molar-refractivity contribution in [2.45, 2.75) is 0 Å². The Morgan fingerprint density at radius 3 is 2.78 bits per heavy atom. The van der Waals surface area contributed by atoms with E-state index in [1.54, 1.807) is 0 Å². The van der Waals surface area contributed by atoms with E-state index < -0.39 is 4.92 Å². The summed E-state index contributed by atoms with van der Waals surface area (Å²) < 4.78 is 5.39. The molecule has 2 N–H and O–H groups in total. The highest BCUT2D eigenvalue weighted by Crippen LogP contribution is 2.35. The van der Waals surface area contributed by atoms with Crippen LogP contribution in [0.15, 0.2) is 36.7 Å². The van der Waals surface area contributed by atoms with Crippen LogP contribution < -0.4 is 10.5 Å². The SMILES string of the molecule is Nc1cnccc1Oc1ccc(Cl)cc1[N+](=O)[O-]. The van der Waals surface area contributed by atoms with Crippen LogP contribution in [0.1, 0.15) is 0 Å². The van der Waals surface area contributed by atoms with Gasteiger partial charge in [0.1, 0.15) is 0 Å². The highest BCUT2D eigenvalue weighted by Gasteiger charge is 2.17. The number of benzene rings is 1. The van der Waals surface area contributed by atoms with E-state index in [-0.39, 0.29) is 16.5 Å². The molecule has 0 aliphatic heterocycles. The van der Waals surface area contributed by atoms with Crippen LogP contribution in [0, 0.1) is 10.1 Å². The van der Waals surface area contributed by atoms with Gasteiger partial charge >= 0.3 is 5.69 Å². The van der Waals surface area contributed by atoms with Gasteiger partial charge in [0.15, 0.2) is 5.75 Å². The third-order valence-electron chi connectivity index (χ3n) is 2.15. The Kier molecular flexibility index (Phi) is 3.29. The maximum absolute atomic E-state index is 10.9. The molecule has 18 heavy (non-hydrogen) atoms. The molecule has 0 aliphatic rings. The van der Waals surface area contributed by atoms with Gasteiger partial charge in [-0.15, -0.1) is 0 Å². The van der Waals surface area contributed by atoms with Crippen molar-refractivity contribution in [1.29, 1.82) is 0 Å². The van der Waals surface area contributed by atoms with E-state index in [0.717, 1.165) is 0 Å². The van der Waals surface area contributed by atoms with Crippen LogP contribution in [0.5, 0.6) is 11.5 Å². The monoisotopic (exact) mass is 265 g/mol. The Morgan fingerprint density at radius 2 is 2.11 bits per heavy atom. The van der Waals surface area contributed by atoms with Crippen molar-refractivity contribution >= 4 is 23.0 Å². The minimum atomic E-state index is -0.571. The van der Waals surface area contributed by atoms with Crippen molar-refractivity contribution in [2.24, 2.45) is 0 Å². The Morgan fingerprint density at radius 1 is 1.33 bits per heavy atom. The summed E-state index contributed by atoms with van der Waals surface area (Å²) in [5.41, 5.74) is 5.71. The molecule has 0 aliphatic carbocycles. The van der Waals surface area contributed by atoms with Crippen LogP contribution in [0.25, 0.3) is 0 Å². The van der Waals surface area contributed by atoms with E-state index in [9.17, 15) is 10.1 Å². The molecule has 1 aromatic heterocycles. The lowest BCUT2D eigenvalue weighted by molar-refractivity contribution is -0.385. The van der Waals surface area contributed by atoms with Crippen LogP contribution in [0.2, 0.25) is 5.02 Å². The van der Waals surface area contributed by atoms with Crippen LogP contribution in [0.4, 0.5) is 11.4 Å². The highest BCUT2D eigenvalue weighted by atomic mass is 35.5. The maximum Gasteiger partial charge on any atom is 0.313 e. The number of nitrogens with two attached hydrogens (primary N) is 1. The van der Waals surface area contributed by atoms with E-state index >= 15 is 0 Å². The maximum atomic E-state index is 10.9. The molecule has 1 aromatic carbocycles. The fraction of sp³-hybridized carbons (Fsp3) is 0. The van der Waals surface area contributed by atoms with Crippen molar-refractivity contribution in [2.75, 3.05) is 5.73 Å². The highest BCUT2D eigenvalue weighted by molar-refractivity contribution is 6.30. The molecule has 7 heteroatoms. The lowest BCUT2D eigenvalue weighted by Gasteiger charge is -2.08. The van der Waals surface area contributed by atoms with E-state index in [1.165, 1.54) is 36.7 Å². The molecular formula is C11H8ClN3O3. The van der Waals surface area contributed by atoms with Gasteiger partial charge in [0, 0.05) is 23.4 Å². The summed E-state index contributed by atoms with van der Waals surface area (Å²) in [6.45, 7) is 0. The van der Waals surface area contributed by atoms with Crippen LogP contribution in [-0.4, -0.2) is 9.91 Å². The molecule has 0 fully saturated rings. The number of nitrogens with zero attached hydrogens (tertiary/aromatic N) is 2. The number of nitrogen functional groups attached to an aromatic ring is 1. The number of hydrogen-bond donors (Lipinski definition) is 1. The molecule has 0 atom stereocenters. The molecule has 2 aromatic rings. The minimum Gasteiger partial charge on any atom is -0.448 e. The number of nitro groups is 1. The number of nitro benzene ring substituents is 1. The zero-order valence-electron chi connectivity index (χ0n) is 9.04. The van der Waals surface area contributed by atoms with E-state index in [2.05, 4.69) is 4.98 Å². The lowest BCUT2D eigenvalue weighted by Crippen LogP contribution is -1.96. The Labute approximate surface area is 107 Å². The fourth-order valence-electron chi connectivity index (χ4n) is 1.32. The second kappa shape index (κ2) is 4.89. The van der Waals surface area contributed by atoms with Crippen molar-refractivity contribution < 1.29 is 9.66 Å². The molecule has 0 saturated heterocycles. The first-order valence-electron chi connectivity index (χ1n) is 4.89. The third-order valence-corrected chi connectivity index (χ3v) is 2.38. The van der Waals surface area contributed by atoms with Gasteiger partial charge in [0.25, 0.3) is 0 Å². The normalized spacial score (nSPS) is 10.1. The Bertz CT molecular complexity index is 604. The van der Waals surface area contributed by atoms with Gasteiger partial charge in [-0.1, -0.05) is 11.6 Å². The first kappa shape index (κ1) is 12.1. The molecule has 0 saturated carbocycles. The van der Waals surface area contributed by atoms with E-state index in [0.29, 0.717) is 11.4 Å². The second-order valence-electron chi connectivity index (χ2n) is 3.38. The first-order valence-corrected chi connectivity index (χ1v) is 5.27. The number of halogens is 1. The zero-order valence-corrected chi connectivity index (χ0v) is 9.79. The fourth-order valence-corrected chi connectivity index (χ4v) is 1.49. The van der Waals surface area contributed by atoms with Gasteiger partial charge in [-0.3, -0.25) is 15.1 Å². The molecule has 1 heterocycles. The molecule has 0 unspecified atom stereocenters. The molecule has 0 bridgehead atoms. The number of anilines is 1. The quantitative estimate of drug-likeness (QED) is 0.680. The summed E-state index contributed by atoms with van der Waals surface area (Å²) in [6, 6.07) is 5.66. The van der Waals surface area contributed by atoms with Gasteiger partial charge < -0.3 is 10.5 Å². The average Bonchev–Trinajstić information content (AvgIpc) is 2.34. The molecule has 0 amide bonds. The average molecular weight is 266 g/mol. The van der Waals surface area contributed by atoms with Crippen molar-refractivity contribution in [3.05, 3.63) is 51.8 Å². The van der Waals surface area contributed by atoms with Gasteiger partial charge in [-0.25, -0.2) is 0 Å². The minimum absolute atomic E-state index is 0.0716. The summed E-state index contributed by atoms with van der Waals surface area (Å²) in [4.78, 5) is 14.1. The van der Waals surface area contributed by atoms with Crippen molar-refractivity contribution in [3.63, 3.8) is 0 Å². The van der Waals surface area contributed by atoms with Crippen molar-refractivity contribution in [1.82, 2.24) is 4.98 Å². The largest absolute Gasteiger partial charge is 0.448 e. The molecule has 6 nitrogen and oxygen atoms in total. The van der Waals surface area contributed by atoms with Gasteiger partial charge in [0.05, 0.1) is 16.8 Å². The number of hydrogen-bond acceptors (Lipinski definition) is 5. The number of rotatable bonds is 3. The lowest BCUT2D eigenvalue weighted by atomic mass is 10.3. The summed E-state index contributed by atoms with van der Waals surface area (Å²) in [6.07, 6.45) is 2.88. The molecule has 92 valence electrons. The standard InChI is InChI=1S/C11H8ClN3O3/c12-7-1-2-11(9(5-7)15(16)17)18-10-3-4-14-6-8(10)13/h1-6H,13H2. The number of ether oxygens (including phenoxy) is 1. The topological polar surface area (TPSA) is 91.3 Å². The Hall–Kier alpha value is -2.34. The Balaban J connectivity index is 2.41. The van der Waals surface area contributed by atoms with Gasteiger partial charge in [-0.2, -0.15) is 0 Å². The molecule has 0 spiro atoms. The zero-order chi connectivity index (χ0) is 13.1. The predicted octanol–water partition coefficient (Wildman–Crippen LogP) is 3.02. The summed E-state index contributed by atoms with van der Waals surface area (Å²) in [7, 11) is 0. The third kappa shape index (κ3) is 2.49. The van der Waals surface area contributed by atoms with Crippen LogP contribution >= 0.6 is 11.6 Å². The second-order valence-corrected chi connectivity index (χ2v) is 3.82. The predicted molar refractivity (Wildman–Crippen MR) is 66.8 cm³/mol. The smallest absolute Gasteiger partial charge is 0.313 e. The van der Waals surface area contributed by atoms with Crippen LogP contribution in [0.3, 0.4) is 0 Å². The molecule has 2 rings (SSSR count). The molecular weight excluding hydrogens is 258 g/mol.